The molecule has 16 heteroatoms. The number of rotatable bonds is 43. The molecule has 2 fully saturated rings. The first-order valence-electron chi connectivity index (χ1n) is 25.0. The van der Waals surface area contributed by atoms with Crippen molar-refractivity contribution in [3.63, 3.8) is 0 Å². The molecule has 2 heterocycles. The molecule has 0 bridgehead atoms. The maximum atomic E-state index is 12.8. The molecular formula is C47H87N3NaO10PS. The zero-order valence-electron chi connectivity index (χ0n) is 39.9. The van der Waals surface area contributed by atoms with Crippen molar-refractivity contribution < 1.29 is 76.7 Å². The van der Waals surface area contributed by atoms with E-state index in [-0.39, 0.29) is 86.2 Å². The summed E-state index contributed by atoms with van der Waals surface area (Å²) >= 11 is 1.83. The van der Waals surface area contributed by atoms with E-state index in [4.69, 9.17) is 18.5 Å². The Labute approximate surface area is 408 Å². The average Bonchev–Trinajstić information content (AvgIpc) is 3.81. The standard InChI is InChI=1S/C47H88N3O10PS.Na/c1-3-5-7-9-11-13-15-17-19-21-23-25-27-33-44(52)57-37-40(60-45(53)34-28-26-24-22-20-18-16-14-12-10-8-6-4-2)38-59-61(55,56)58-36-35-48-43(51)32-30-29-31-42-46-41(39-62-42)49-47(54)50-46;/h40-42,46H,3-39H2,1-2H3,(H,48,51)(H,55,56)(H2,49,50,54);/q;+1/p-1/t40-,41+,42+,46+;/m1./s1. The quantitative estimate of drug-likeness (QED) is 0.0179. The van der Waals surface area contributed by atoms with Gasteiger partial charge in [0.05, 0.1) is 25.3 Å². The van der Waals surface area contributed by atoms with Crippen molar-refractivity contribution in [3.8, 4) is 0 Å². The number of amides is 3. The van der Waals surface area contributed by atoms with Crippen molar-refractivity contribution in [1.82, 2.24) is 16.0 Å². The minimum absolute atomic E-state index is 0. The summed E-state index contributed by atoms with van der Waals surface area (Å²) in [5.41, 5.74) is 0. The van der Waals surface area contributed by atoms with Gasteiger partial charge in [-0.2, -0.15) is 11.8 Å². The fraction of sp³-hybridized carbons (Fsp3) is 0.915. The summed E-state index contributed by atoms with van der Waals surface area (Å²) < 4.78 is 33.6. The van der Waals surface area contributed by atoms with Gasteiger partial charge in [0.15, 0.2) is 6.10 Å². The summed E-state index contributed by atoms with van der Waals surface area (Å²) in [7, 11) is -4.81. The average molecular weight is 940 g/mol. The molecule has 5 atom stereocenters. The molecule has 0 aromatic heterocycles. The van der Waals surface area contributed by atoms with Crippen molar-refractivity contribution in [2.45, 2.75) is 243 Å². The fourth-order valence-corrected chi connectivity index (χ4v) is 10.4. The van der Waals surface area contributed by atoms with Crippen LogP contribution in [0.1, 0.15) is 219 Å². The molecule has 0 aromatic carbocycles. The number of thioether (sulfide) groups is 1. The van der Waals surface area contributed by atoms with E-state index in [1.165, 1.54) is 116 Å². The molecule has 0 radical (unpaired) electrons. The first-order chi connectivity index (χ1) is 30.1. The molecule has 3 amide bonds. The van der Waals surface area contributed by atoms with Crippen LogP contribution in [0.2, 0.25) is 0 Å². The molecule has 13 nitrogen and oxygen atoms in total. The maximum Gasteiger partial charge on any atom is 1.00 e. The zero-order valence-corrected chi connectivity index (χ0v) is 43.6. The number of urea groups is 1. The first kappa shape index (κ1) is 60.2. The van der Waals surface area contributed by atoms with E-state index >= 15 is 0 Å². The Balaban J connectivity index is 0.0000198. The molecule has 0 aliphatic carbocycles. The van der Waals surface area contributed by atoms with E-state index in [0.29, 0.717) is 30.9 Å². The third-order valence-electron chi connectivity index (χ3n) is 11.9. The number of carbonyl (C=O) groups excluding carboxylic acids is 4. The number of unbranched alkanes of at least 4 members (excludes halogenated alkanes) is 25. The Morgan fingerprint density at radius 3 is 1.67 bits per heavy atom. The molecule has 0 aromatic rings. The number of fused-ring (bicyclic) bond motifs is 1. The Hall–Kier alpha value is -0.860. The molecule has 1 unspecified atom stereocenters. The molecule has 2 aliphatic heterocycles. The molecule has 362 valence electrons. The van der Waals surface area contributed by atoms with Gasteiger partial charge >= 0.3 is 47.5 Å². The molecule has 3 N–H and O–H groups in total. The van der Waals surface area contributed by atoms with Crippen LogP contribution in [0.25, 0.3) is 0 Å². The fourth-order valence-electron chi connectivity index (χ4n) is 8.12. The van der Waals surface area contributed by atoms with Crippen LogP contribution >= 0.6 is 19.6 Å². The Morgan fingerprint density at radius 1 is 0.667 bits per heavy atom. The van der Waals surface area contributed by atoms with E-state index < -0.39 is 32.5 Å². The number of ether oxygens (including phenoxy) is 2. The third kappa shape index (κ3) is 33.3. The molecular weight excluding hydrogens is 853 g/mol. The predicted octanol–water partition coefficient (Wildman–Crippen LogP) is 7.75. The first-order valence-corrected chi connectivity index (χ1v) is 27.5. The number of carbonyl (C=O) groups is 4. The topological polar surface area (TPSA) is 181 Å². The SMILES string of the molecule is CCCCCCCCCCCCCCCC(=O)OC[C@H](COP(=O)([O-])OCCNC(=O)CCCC[C@@H]1SC[C@@H]2NC(=O)N[C@@H]21)OC(=O)CCCCCCCCCCCCCCC.[Na+]. The minimum Gasteiger partial charge on any atom is -0.756 e. The number of nitrogens with one attached hydrogen (secondary N) is 3. The van der Waals surface area contributed by atoms with Gasteiger partial charge < -0.3 is 39.4 Å². The summed E-state index contributed by atoms with van der Waals surface area (Å²) in [6.07, 6.45) is 33.1. The largest absolute Gasteiger partial charge is 1.00 e. The van der Waals surface area contributed by atoms with Gasteiger partial charge in [-0.1, -0.05) is 174 Å². The van der Waals surface area contributed by atoms with Gasteiger partial charge in [-0.05, 0) is 25.7 Å². The Kier molecular flexibility index (Phi) is 38.4. The van der Waals surface area contributed by atoms with Crippen LogP contribution in [-0.2, 0) is 37.5 Å². The zero-order chi connectivity index (χ0) is 44.9. The second-order valence-electron chi connectivity index (χ2n) is 17.6. The van der Waals surface area contributed by atoms with Crippen molar-refractivity contribution in [2.75, 3.05) is 32.1 Å². The van der Waals surface area contributed by atoms with Gasteiger partial charge in [-0.3, -0.25) is 18.9 Å². The van der Waals surface area contributed by atoms with Crippen LogP contribution in [0.3, 0.4) is 0 Å². The van der Waals surface area contributed by atoms with E-state index in [1.54, 1.807) is 0 Å². The number of hydrogen-bond donors (Lipinski definition) is 3. The Bertz CT molecular complexity index is 1240. The van der Waals surface area contributed by atoms with Gasteiger partial charge in [0, 0.05) is 36.8 Å². The van der Waals surface area contributed by atoms with Gasteiger partial charge in [0.2, 0.25) is 5.91 Å². The molecule has 2 saturated heterocycles. The summed E-state index contributed by atoms with van der Waals surface area (Å²) in [6, 6.07) is 0.186. The third-order valence-corrected chi connectivity index (χ3v) is 14.3. The van der Waals surface area contributed by atoms with E-state index in [0.717, 1.165) is 57.1 Å². The second-order valence-corrected chi connectivity index (χ2v) is 20.3. The van der Waals surface area contributed by atoms with Crippen LogP contribution in [0.4, 0.5) is 4.79 Å². The predicted molar refractivity (Wildman–Crippen MR) is 248 cm³/mol. The summed E-state index contributed by atoms with van der Waals surface area (Å²) in [5, 5.41) is 8.90. The minimum atomic E-state index is -4.81. The summed E-state index contributed by atoms with van der Waals surface area (Å²) in [6.45, 7) is 3.27. The molecule has 2 rings (SSSR count). The monoisotopic (exact) mass is 940 g/mol. The summed E-state index contributed by atoms with van der Waals surface area (Å²) in [5.74, 6) is -0.236. The van der Waals surface area contributed by atoms with E-state index in [1.807, 2.05) is 11.8 Å². The molecule has 63 heavy (non-hydrogen) atoms. The van der Waals surface area contributed by atoms with Crippen LogP contribution in [0, 0.1) is 0 Å². The molecule has 2 aliphatic rings. The van der Waals surface area contributed by atoms with Gasteiger partial charge in [0.1, 0.15) is 6.61 Å². The van der Waals surface area contributed by atoms with Crippen LogP contribution in [0.15, 0.2) is 0 Å². The van der Waals surface area contributed by atoms with Crippen LogP contribution in [-0.4, -0.2) is 79.4 Å². The smallest absolute Gasteiger partial charge is 0.756 e. The van der Waals surface area contributed by atoms with Gasteiger partial charge in [-0.15, -0.1) is 0 Å². The summed E-state index contributed by atoms with van der Waals surface area (Å²) in [4.78, 5) is 61.8. The normalized spacial score (nSPS) is 18.1. The van der Waals surface area contributed by atoms with Crippen molar-refractivity contribution >= 4 is 43.5 Å². The molecule has 0 spiro atoms. The number of phosphoric acid groups is 1. The van der Waals surface area contributed by atoms with Gasteiger partial charge in [0.25, 0.3) is 7.82 Å². The second kappa shape index (κ2) is 40.2. The number of hydrogen-bond acceptors (Lipinski definition) is 11. The van der Waals surface area contributed by atoms with Crippen LogP contribution in [0.5, 0.6) is 0 Å². The number of phosphoric ester groups is 1. The maximum absolute atomic E-state index is 12.8. The van der Waals surface area contributed by atoms with Crippen molar-refractivity contribution in [3.05, 3.63) is 0 Å². The Morgan fingerprint density at radius 2 is 1.14 bits per heavy atom. The van der Waals surface area contributed by atoms with E-state index in [2.05, 4.69) is 29.8 Å². The number of esters is 2. The van der Waals surface area contributed by atoms with Crippen molar-refractivity contribution in [2.24, 2.45) is 0 Å². The molecule has 0 saturated carbocycles. The van der Waals surface area contributed by atoms with Crippen molar-refractivity contribution in [1.29, 1.82) is 0 Å². The van der Waals surface area contributed by atoms with Gasteiger partial charge in [-0.25, -0.2) is 4.79 Å². The van der Waals surface area contributed by atoms with E-state index in [9.17, 15) is 28.6 Å². The van der Waals surface area contributed by atoms with Crippen LogP contribution < -0.4 is 50.4 Å².